The number of aliphatic hydroxyl groups is 1. The first-order chi connectivity index (χ1) is 6.94. The van der Waals surface area contributed by atoms with Gasteiger partial charge in [-0.1, -0.05) is 29.3 Å². The second kappa shape index (κ2) is 5.17. The molecule has 0 radical (unpaired) electrons. The van der Waals surface area contributed by atoms with Crippen molar-refractivity contribution < 1.29 is 10.4 Å². The lowest BCUT2D eigenvalue weighted by Crippen LogP contribution is -2.95. The Kier molecular flexibility index (Phi) is 4.41. The van der Waals surface area contributed by atoms with E-state index < -0.39 is 0 Å². The van der Waals surface area contributed by atoms with Gasteiger partial charge >= 0.3 is 0 Å². The minimum Gasteiger partial charge on any atom is -0.390 e. The Bertz CT molecular complexity index is 339. The van der Waals surface area contributed by atoms with Crippen LogP contribution in [-0.4, -0.2) is 17.3 Å². The van der Waals surface area contributed by atoms with Crippen molar-refractivity contribution in [3.05, 3.63) is 33.8 Å². The highest BCUT2D eigenvalue weighted by Gasteiger charge is 2.19. The van der Waals surface area contributed by atoms with Crippen LogP contribution in [0.2, 0.25) is 10.0 Å². The highest BCUT2D eigenvalue weighted by atomic mass is 35.5. The van der Waals surface area contributed by atoms with Gasteiger partial charge in [0.15, 0.2) is 0 Å². The smallest absolute Gasteiger partial charge is 0.114 e. The highest BCUT2D eigenvalue weighted by Crippen LogP contribution is 2.20. The lowest BCUT2D eigenvalue weighted by atomic mass is 10.1. The highest BCUT2D eigenvalue weighted by molar-refractivity contribution is 6.35. The molecule has 1 aromatic rings. The van der Waals surface area contributed by atoms with Gasteiger partial charge in [-0.15, -0.1) is 0 Å². The molecule has 1 aromatic carbocycles. The van der Waals surface area contributed by atoms with E-state index in [2.05, 4.69) is 5.32 Å². The molecule has 4 heteroatoms. The van der Waals surface area contributed by atoms with E-state index in [1.54, 1.807) is 6.07 Å². The Morgan fingerprint density at radius 3 is 2.53 bits per heavy atom. The van der Waals surface area contributed by atoms with E-state index in [9.17, 15) is 0 Å². The first kappa shape index (κ1) is 12.8. The fourth-order valence-electron chi connectivity index (χ4n) is 1.14. The fourth-order valence-corrected chi connectivity index (χ4v) is 1.62. The fraction of sp³-hybridized carbons (Fsp3) is 0.455. The van der Waals surface area contributed by atoms with Gasteiger partial charge in [-0.2, -0.15) is 0 Å². The van der Waals surface area contributed by atoms with E-state index in [0.717, 1.165) is 12.1 Å². The molecule has 0 saturated heterocycles. The summed E-state index contributed by atoms with van der Waals surface area (Å²) in [6, 6.07) is 5.47. The van der Waals surface area contributed by atoms with Gasteiger partial charge in [0, 0.05) is 10.6 Å². The van der Waals surface area contributed by atoms with Crippen LogP contribution >= 0.6 is 23.2 Å². The SMILES string of the molecule is CC(C)(CO)[NH2+]Cc1ccc(Cl)cc1Cl. The van der Waals surface area contributed by atoms with E-state index in [4.69, 9.17) is 28.3 Å². The first-order valence-corrected chi connectivity index (χ1v) is 5.59. The molecule has 3 N–H and O–H groups in total. The second-order valence-electron chi connectivity index (χ2n) is 4.29. The van der Waals surface area contributed by atoms with Crippen LogP contribution in [0.15, 0.2) is 18.2 Å². The Labute approximate surface area is 100 Å². The number of hydrogen-bond donors (Lipinski definition) is 2. The summed E-state index contributed by atoms with van der Waals surface area (Å²) in [5, 5.41) is 12.5. The minimum absolute atomic E-state index is 0.137. The van der Waals surface area contributed by atoms with Gasteiger partial charge in [0.2, 0.25) is 0 Å². The van der Waals surface area contributed by atoms with E-state index in [0.29, 0.717) is 10.0 Å². The molecule has 2 nitrogen and oxygen atoms in total. The summed E-state index contributed by atoms with van der Waals surface area (Å²) in [5.74, 6) is 0. The standard InChI is InChI=1S/C11H15Cl2NO/c1-11(2,7-15)14-6-8-3-4-9(12)5-10(8)13/h3-5,14-15H,6-7H2,1-2H3/p+1. The topological polar surface area (TPSA) is 36.8 Å². The molecule has 0 spiro atoms. The molecule has 0 atom stereocenters. The molecule has 0 aliphatic rings. The molecule has 0 heterocycles. The van der Waals surface area contributed by atoms with Crippen LogP contribution in [0.25, 0.3) is 0 Å². The molecule has 84 valence electrons. The summed E-state index contributed by atoms with van der Waals surface area (Å²) >= 11 is 11.8. The molecule has 0 aliphatic heterocycles. The van der Waals surface area contributed by atoms with Gasteiger partial charge in [0.25, 0.3) is 0 Å². The van der Waals surface area contributed by atoms with E-state index in [-0.39, 0.29) is 12.1 Å². The van der Waals surface area contributed by atoms with E-state index in [1.165, 1.54) is 0 Å². The van der Waals surface area contributed by atoms with Gasteiger partial charge in [0.05, 0.1) is 11.6 Å². The average molecular weight is 249 g/mol. The maximum atomic E-state index is 9.10. The molecule has 0 amide bonds. The van der Waals surface area contributed by atoms with Crippen molar-refractivity contribution >= 4 is 23.2 Å². The Hall–Kier alpha value is -0.280. The molecular weight excluding hydrogens is 233 g/mol. The van der Waals surface area contributed by atoms with Crippen molar-refractivity contribution in [3.8, 4) is 0 Å². The zero-order chi connectivity index (χ0) is 11.5. The summed E-state index contributed by atoms with van der Waals surface area (Å²) < 4.78 is 0. The lowest BCUT2D eigenvalue weighted by molar-refractivity contribution is -0.736. The summed E-state index contributed by atoms with van der Waals surface area (Å²) in [6.07, 6.45) is 0. The third-order valence-corrected chi connectivity index (χ3v) is 2.88. The van der Waals surface area contributed by atoms with Crippen LogP contribution in [0.3, 0.4) is 0 Å². The molecule has 15 heavy (non-hydrogen) atoms. The minimum atomic E-state index is -0.178. The summed E-state index contributed by atoms with van der Waals surface area (Å²) in [5.41, 5.74) is 0.853. The molecular formula is C11H16Cl2NO+. The van der Waals surface area contributed by atoms with Gasteiger partial charge in [0.1, 0.15) is 12.1 Å². The lowest BCUT2D eigenvalue weighted by Gasteiger charge is -2.20. The number of hydrogen-bond acceptors (Lipinski definition) is 1. The van der Waals surface area contributed by atoms with E-state index in [1.807, 2.05) is 26.0 Å². The van der Waals surface area contributed by atoms with Gasteiger partial charge < -0.3 is 10.4 Å². The first-order valence-electron chi connectivity index (χ1n) is 4.84. The van der Waals surface area contributed by atoms with Crippen molar-refractivity contribution in [1.29, 1.82) is 0 Å². The normalized spacial score (nSPS) is 11.8. The van der Waals surface area contributed by atoms with Crippen LogP contribution in [0.5, 0.6) is 0 Å². The zero-order valence-electron chi connectivity index (χ0n) is 8.93. The molecule has 0 aromatic heterocycles. The van der Waals surface area contributed by atoms with Crippen molar-refractivity contribution in [1.82, 2.24) is 0 Å². The third kappa shape index (κ3) is 3.99. The predicted molar refractivity (Wildman–Crippen MR) is 63.3 cm³/mol. The third-order valence-electron chi connectivity index (χ3n) is 2.30. The number of benzene rings is 1. The molecule has 0 saturated carbocycles. The van der Waals surface area contributed by atoms with Gasteiger partial charge in [-0.3, -0.25) is 0 Å². The number of quaternary nitrogens is 1. The summed E-state index contributed by atoms with van der Waals surface area (Å²) in [4.78, 5) is 0. The van der Waals surface area contributed by atoms with Crippen molar-refractivity contribution in [2.45, 2.75) is 25.9 Å². The van der Waals surface area contributed by atoms with Crippen LogP contribution in [0.4, 0.5) is 0 Å². The van der Waals surface area contributed by atoms with Gasteiger partial charge in [-0.25, -0.2) is 0 Å². The Balaban J connectivity index is 2.66. The maximum absolute atomic E-state index is 9.10. The quantitative estimate of drug-likeness (QED) is 0.839. The monoisotopic (exact) mass is 248 g/mol. The molecule has 0 fully saturated rings. The number of rotatable bonds is 4. The van der Waals surface area contributed by atoms with E-state index >= 15 is 0 Å². The molecule has 0 aliphatic carbocycles. The zero-order valence-corrected chi connectivity index (χ0v) is 10.4. The Morgan fingerprint density at radius 1 is 1.33 bits per heavy atom. The van der Waals surface area contributed by atoms with Crippen LogP contribution in [-0.2, 0) is 6.54 Å². The van der Waals surface area contributed by atoms with Crippen molar-refractivity contribution in [2.24, 2.45) is 0 Å². The molecule has 1 rings (SSSR count). The molecule has 0 bridgehead atoms. The predicted octanol–water partition coefficient (Wildman–Crippen LogP) is 1.83. The largest absolute Gasteiger partial charge is 0.390 e. The van der Waals surface area contributed by atoms with Crippen LogP contribution in [0.1, 0.15) is 19.4 Å². The second-order valence-corrected chi connectivity index (χ2v) is 5.13. The number of nitrogens with two attached hydrogens (primary N) is 1. The van der Waals surface area contributed by atoms with Crippen molar-refractivity contribution in [2.75, 3.05) is 6.61 Å². The Morgan fingerprint density at radius 2 is 2.00 bits per heavy atom. The average Bonchev–Trinajstić information content (AvgIpc) is 2.16. The summed E-state index contributed by atoms with van der Waals surface area (Å²) in [7, 11) is 0. The molecule has 0 unspecified atom stereocenters. The van der Waals surface area contributed by atoms with Crippen LogP contribution in [0, 0.1) is 0 Å². The maximum Gasteiger partial charge on any atom is 0.114 e. The van der Waals surface area contributed by atoms with Crippen molar-refractivity contribution in [3.63, 3.8) is 0 Å². The van der Waals surface area contributed by atoms with Gasteiger partial charge in [-0.05, 0) is 26.0 Å². The van der Waals surface area contributed by atoms with Crippen LogP contribution < -0.4 is 5.32 Å². The summed E-state index contributed by atoms with van der Waals surface area (Å²) in [6.45, 7) is 4.84. The number of halogens is 2. The number of aliphatic hydroxyl groups excluding tert-OH is 1.